The van der Waals surface area contributed by atoms with E-state index in [9.17, 15) is 4.79 Å². The third-order valence-corrected chi connectivity index (χ3v) is 5.21. The van der Waals surface area contributed by atoms with Gasteiger partial charge in [0.2, 0.25) is 0 Å². The molecule has 28 heavy (non-hydrogen) atoms. The molecule has 0 bridgehead atoms. The van der Waals surface area contributed by atoms with Crippen molar-refractivity contribution in [3.63, 3.8) is 0 Å². The second kappa shape index (κ2) is 7.77. The number of carbonyl (C=O) groups excluding carboxylic acids is 1. The van der Waals surface area contributed by atoms with Crippen LogP contribution in [0, 0.1) is 6.92 Å². The molecule has 2 heterocycles. The average Bonchev–Trinajstić information content (AvgIpc) is 3.17. The van der Waals surface area contributed by atoms with Crippen LogP contribution in [-0.2, 0) is 0 Å². The molecule has 0 aliphatic rings. The topological polar surface area (TPSA) is 82.8 Å². The summed E-state index contributed by atoms with van der Waals surface area (Å²) in [5.74, 6) is 0.968. The SMILES string of the molecule is COc1ccc(C(=O)CSc2ncnc3c2nnn3-c2ccc(C)cc2)cc1. The van der Waals surface area contributed by atoms with Crippen molar-refractivity contribution in [2.75, 3.05) is 12.9 Å². The van der Waals surface area contributed by atoms with Crippen LogP contribution in [0.2, 0.25) is 0 Å². The highest BCUT2D eigenvalue weighted by Crippen LogP contribution is 2.25. The Labute approximate surface area is 165 Å². The lowest BCUT2D eigenvalue weighted by atomic mass is 10.1. The van der Waals surface area contributed by atoms with Gasteiger partial charge in [-0.3, -0.25) is 4.79 Å². The third-order valence-electron chi connectivity index (χ3n) is 4.23. The van der Waals surface area contributed by atoms with Crippen molar-refractivity contribution in [1.82, 2.24) is 25.0 Å². The molecule has 140 valence electrons. The van der Waals surface area contributed by atoms with Crippen molar-refractivity contribution in [3.8, 4) is 11.4 Å². The molecule has 0 saturated carbocycles. The zero-order valence-electron chi connectivity index (χ0n) is 15.4. The number of aromatic nitrogens is 5. The Bertz CT molecular complexity index is 1120. The maximum atomic E-state index is 12.5. The second-order valence-electron chi connectivity index (χ2n) is 6.13. The molecule has 0 aliphatic carbocycles. The first-order valence-electron chi connectivity index (χ1n) is 8.59. The maximum absolute atomic E-state index is 12.5. The quantitative estimate of drug-likeness (QED) is 0.283. The number of hydrogen-bond acceptors (Lipinski definition) is 7. The first-order chi connectivity index (χ1) is 13.7. The number of nitrogens with zero attached hydrogens (tertiary/aromatic N) is 5. The van der Waals surface area contributed by atoms with Gasteiger partial charge in [0.25, 0.3) is 0 Å². The first-order valence-corrected chi connectivity index (χ1v) is 9.58. The van der Waals surface area contributed by atoms with E-state index in [0.717, 1.165) is 17.0 Å². The van der Waals surface area contributed by atoms with Crippen LogP contribution in [0.25, 0.3) is 16.9 Å². The number of methoxy groups -OCH3 is 1. The van der Waals surface area contributed by atoms with Gasteiger partial charge in [-0.1, -0.05) is 34.7 Å². The van der Waals surface area contributed by atoms with Gasteiger partial charge in [-0.15, -0.1) is 5.10 Å². The summed E-state index contributed by atoms with van der Waals surface area (Å²) in [7, 11) is 1.59. The summed E-state index contributed by atoms with van der Waals surface area (Å²) in [5, 5.41) is 9.07. The third kappa shape index (κ3) is 3.59. The van der Waals surface area contributed by atoms with Crippen molar-refractivity contribution in [2.45, 2.75) is 11.9 Å². The Morgan fingerprint density at radius 1 is 1.07 bits per heavy atom. The molecule has 0 spiro atoms. The first kappa shape index (κ1) is 18.1. The highest BCUT2D eigenvalue weighted by Gasteiger charge is 2.15. The average molecular weight is 391 g/mol. The van der Waals surface area contributed by atoms with E-state index in [2.05, 4.69) is 20.3 Å². The fourth-order valence-corrected chi connectivity index (χ4v) is 3.51. The minimum atomic E-state index is 0.00495. The molecule has 0 saturated heterocycles. The molecule has 7 nitrogen and oxygen atoms in total. The summed E-state index contributed by atoms with van der Waals surface area (Å²) in [6, 6.07) is 15.0. The number of ketones is 1. The lowest BCUT2D eigenvalue weighted by Gasteiger charge is -2.04. The predicted octanol–water partition coefficient (Wildman–Crippen LogP) is 3.50. The molecule has 2 aromatic heterocycles. The minimum Gasteiger partial charge on any atom is -0.497 e. The van der Waals surface area contributed by atoms with Crippen LogP contribution in [0.3, 0.4) is 0 Å². The molecule has 4 rings (SSSR count). The van der Waals surface area contributed by atoms with Crippen molar-refractivity contribution >= 4 is 28.7 Å². The van der Waals surface area contributed by atoms with E-state index in [1.165, 1.54) is 18.1 Å². The molecule has 0 unspecified atom stereocenters. The van der Waals surface area contributed by atoms with E-state index in [-0.39, 0.29) is 11.5 Å². The van der Waals surface area contributed by atoms with Crippen LogP contribution in [0.5, 0.6) is 5.75 Å². The number of benzene rings is 2. The fourth-order valence-electron chi connectivity index (χ4n) is 2.69. The summed E-state index contributed by atoms with van der Waals surface area (Å²) in [5.41, 5.74) is 3.85. The summed E-state index contributed by atoms with van der Waals surface area (Å²) < 4.78 is 6.79. The maximum Gasteiger partial charge on any atom is 0.187 e. The Balaban J connectivity index is 1.56. The molecule has 4 aromatic rings. The van der Waals surface area contributed by atoms with Gasteiger partial charge in [-0.2, -0.15) is 4.68 Å². The zero-order valence-corrected chi connectivity index (χ0v) is 16.2. The van der Waals surface area contributed by atoms with Gasteiger partial charge in [0.05, 0.1) is 18.6 Å². The molecule has 0 amide bonds. The monoisotopic (exact) mass is 391 g/mol. The second-order valence-corrected chi connectivity index (χ2v) is 7.09. The highest BCUT2D eigenvalue weighted by atomic mass is 32.2. The fraction of sp³-hybridized carbons (Fsp3) is 0.150. The number of thioether (sulfide) groups is 1. The minimum absolute atomic E-state index is 0.00495. The van der Waals surface area contributed by atoms with Crippen LogP contribution in [0.15, 0.2) is 59.9 Å². The molecule has 0 atom stereocenters. The van der Waals surface area contributed by atoms with Gasteiger partial charge < -0.3 is 4.74 Å². The molecular weight excluding hydrogens is 374 g/mol. The number of hydrogen-bond donors (Lipinski definition) is 0. The largest absolute Gasteiger partial charge is 0.497 e. The number of rotatable bonds is 6. The van der Waals surface area contributed by atoms with Crippen molar-refractivity contribution in [3.05, 3.63) is 66.0 Å². The van der Waals surface area contributed by atoms with Crippen molar-refractivity contribution < 1.29 is 9.53 Å². The summed E-state index contributed by atoms with van der Waals surface area (Å²) in [6.07, 6.45) is 1.47. The lowest BCUT2D eigenvalue weighted by Crippen LogP contribution is -2.03. The number of Topliss-reactive ketones (excluding diaryl/α,β-unsaturated/α-hetero) is 1. The van der Waals surface area contributed by atoms with Gasteiger partial charge >= 0.3 is 0 Å². The van der Waals surface area contributed by atoms with Crippen molar-refractivity contribution in [1.29, 1.82) is 0 Å². The van der Waals surface area contributed by atoms with E-state index >= 15 is 0 Å². The standard InChI is InChI=1S/C20H17N5O2S/c1-13-3-7-15(8-4-13)25-19-18(23-24-25)20(22-12-21-19)28-11-17(26)14-5-9-16(27-2)10-6-14/h3-10,12H,11H2,1-2H3. The molecule has 8 heteroatoms. The van der Waals surface area contributed by atoms with Crippen molar-refractivity contribution in [2.24, 2.45) is 0 Å². The number of fused-ring (bicyclic) bond motifs is 1. The van der Waals surface area contributed by atoms with Crippen LogP contribution in [0.4, 0.5) is 0 Å². The molecule has 0 aliphatic heterocycles. The number of carbonyl (C=O) groups is 1. The Kier molecular flexibility index (Phi) is 5.03. The Morgan fingerprint density at radius 2 is 1.82 bits per heavy atom. The molecule has 0 radical (unpaired) electrons. The zero-order chi connectivity index (χ0) is 19.5. The van der Waals surface area contributed by atoms with E-state index in [1.54, 1.807) is 36.1 Å². The highest BCUT2D eigenvalue weighted by molar-refractivity contribution is 8.00. The van der Waals surface area contributed by atoms with E-state index < -0.39 is 0 Å². The number of ether oxygens (including phenoxy) is 1. The van der Waals surface area contributed by atoms with Gasteiger partial charge in [0.1, 0.15) is 17.1 Å². The molecule has 2 aromatic carbocycles. The van der Waals surface area contributed by atoms with E-state index in [4.69, 9.17) is 4.74 Å². The molecular formula is C20H17N5O2S. The van der Waals surface area contributed by atoms with Crippen LogP contribution in [-0.4, -0.2) is 43.6 Å². The normalized spacial score (nSPS) is 10.9. The van der Waals surface area contributed by atoms with E-state index in [0.29, 0.717) is 21.8 Å². The summed E-state index contributed by atoms with van der Waals surface area (Å²) in [4.78, 5) is 21.1. The van der Waals surface area contributed by atoms with Gasteiger partial charge in [-0.25, -0.2) is 9.97 Å². The van der Waals surface area contributed by atoms with Crippen LogP contribution in [0.1, 0.15) is 15.9 Å². The predicted molar refractivity (Wildman–Crippen MR) is 107 cm³/mol. The summed E-state index contributed by atoms with van der Waals surface area (Å²) in [6.45, 7) is 2.03. The van der Waals surface area contributed by atoms with Crippen LogP contribution >= 0.6 is 11.8 Å². The molecule has 0 N–H and O–H groups in total. The van der Waals surface area contributed by atoms with Gasteiger partial charge in [0, 0.05) is 5.56 Å². The Hall–Kier alpha value is -3.26. The summed E-state index contributed by atoms with van der Waals surface area (Å²) >= 11 is 1.33. The van der Waals surface area contributed by atoms with E-state index in [1.807, 2.05) is 31.2 Å². The van der Waals surface area contributed by atoms with Crippen LogP contribution < -0.4 is 4.74 Å². The lowest BCUT2D eigenvalue weighted by molar-refractivity contribution is 0.102. The molecule has 0 fully saturated rings. The Morgan fingerprint density at radius 3 is 2.54 bits per heavy atom. The van der Waals surface area contributed by atoms with Gasteiger partial charge in [-0.05, 0) is 43.3 Å². The van der Waals surface area contributed by atoms with Gasteiger partial charge in [0.15, 0.2) is 16.9 Å². The smallest absolute Gasteiger partial charge is 0.187 e. The number of aryl methyl sites for hydroxylation is 1.